The highest BCUT2D eigenvalue weighted by molar-refractivity contribution is 7.80. The molecule has 0 fully saturated rings. The summed E-state index contributed by atoms with van der Waals surface area (Å²) in [6.45, 7) is 1.70. The largest absolute Gasteiger partial charge is 0.493 e. The Labute approximate surface area is 182 Å². The Morgan fingerprint density at radius 2 is 1.63 bits per heavy atom. The lowest BCUT2D eigenvalue weighted by Crippen LogP contribution is -2.25. The number of anilines is 1. The van der Waals surface area contributed by atoms with Crippen LogP contribution in [0.3, 0.4) is 0 Å². The summed E-state index contributed by atoms with van der Waals surface area (Å²) < 4.78 is 54.5. The van der Waals surface area contributed by atoms with Crippen LogP contribution >= 0.6 is 23.8 Å². The van der Waals surface area contributed by atoms with E-state index in [0.717, 1.165) is 18.2 Å². The van der Waals surface area contributed by atoms with Gasteiger partial charge < -0.3 is 19.5 Å². The second kappa shape index (κ2) is 9.86. The Balaban J connectivity index is 2.19. The molecule has 0 saturated carbocycles. The van der Waals surface area contributed by atoms with Gasteiger partial charge in [-0.2, -0.15) is 18.3 Å². The fourth-order valence-electron chi connectivity index (χ4n) is 2.44. The van der Waals surface area contributed by atoms with E-state index in [4.69, 9.17) is 38.0 Å². The summed E-state index contributed by atoms with van der Waals surface area (Å²) in [5.74, 6) is 1.32. The number of nitrogens with zero attached hydrogens (tertiary/aromatic N) is 1. The lowest BCUT2D eigenvalue weighted by atomic mass is 10.1. The van der Waals surface area contributed by atoms with E-state index >= 15 is 0 Å². The van der Waals surface area contributed by atoms with Gasteiger partial charge in [0, 0.05) is 5.56 Å². The normalized spacial score (nSPS) is 11.7. The average Bonchev–Trinajstić information content (AvgIpc) is 2.71. The van der Waals surface area contributed by atoms with Gasteiger partial charge in [-0.25, -0.2) is 0 Å². The van der Waals surface area contributed by atoms with E-state index in [0.29, 0.717) is 28.5 Å². The predicted molar refractivity (Wildman–Crippen MR) is 114 cm³/mol. The first kappa shape index (κ1) is 23.6. The van der Waals surface area contributed by atoms with Gasteiger partial charge in [-0.15, -0.1) is 0 Å². The highest BCUT2D eigenvalue weighted by atomic mass is 35.5. The first-order valence-corrected chi connectivity index (χ1v) is 9.17. The first-order valence-electron chi connectivity index (χ1n) is 8.39. The number of hydrogen-bond donors (Lipinski definition) is 2. The van der Waals surface area contributed by atoms with Crippen LogP contribution in [0.1, 0.15) is 18.1 Å². The number of rotatable bonds is 6. The van der Waals surface area contributed by atoms with Crippen LogP contribution < -0.4 is 25.0 Å². The quantitative estimate of drug-likeness (QED) is 0.355. The minimum Gasteiger partial charge on any atom is -0.493 e. The molecule has 11 heteroatoms. The zero-order valence-corrected chi connectivity index (χ0v) is 18.1. The Morgan fingerprint density at radius 1 is 1.03 bits per heavy atom. The molecule has 6 nitrogen and oxygen atoms in total. The Kier molecular flexibility index (Phi) is 7.74. The third kappa shape index (κ3) is 5.67. The molecule has 2 aromatic carbocycles. The number of hydrogen-bond acceptors (Lipinski definition) is 5. The summed E-state index contributed by atoms with van der Waals surface area (Å²) in [5, 5.41) is 6.79. The highest BCUT2D eigenvalue weighted by Crippen LogP contribution is 2.38. The van der Waals surface area contributed by atoms with E-state index in [-0.39, 0.29) is 15.8 Å². The van der Waals surface area contributed by atoms with Crippen LogP contribution in [-0.4, -0.2) is 32.2 Å². The van der Waals surface area contributed by atoms with Gasteiger partial charge in [-0.05, 0) is 49.5 Å². The van der Waals surface area contributed by atoms with Gasteiger partial charge in [0.25, 0.3) is 0 Å². The second-order valence-electron chi connectivity index (χ2n) is 5.87. The maximum absolute atomic E-state index is 12.9. The fraction of sp³-hybridized carbons (Fsp3) is 0.263. The zero-order valence-electron chi connectivity index (χ0n) is 16.5. The molecule has 0 spiro atoms. The van der Waals surface area contributed by atoms with Gasteiger partial charge >= 0.3 is 6.18 Å². The molecule has 0 saturated heterocycles. The zero-order chi connectivity index (χ0) is 22.5. The van der Waals surface area contributed by atoms with E-state index in [2.05, 4.69) is 15.8 Å². The van der Waals surface area contributed by atoms with Crippen molar-refractivity contribution in [3.8, 4) is 17.2 Å². The average molecular weight is 462 g/mol. The van der Waals surface area contributed by atoms with Crippen molar-refractivity contribution in [2.45, 2.75) is 13.1 Å². The van der Waals surface area contributed by atoms with Crippen LogP contribution in [0.25, 0.3) is 0 Å². The lowest BCUT2D eigenvalue weighted by molar-refractivity contribution is -0.137. The molecular weight excluding hydrogens is 443 g/mol. The number of hydrazone groups is 1. The highest BCUT2D eigenvalue weighted by Gasteiger charge is 2.31. The van der Waals surface area contributed by atoms with E-state index in [9.17, 15) is 13.2 Å². The van der Waals surface area contributed by atoms with Crippen molar-refractivity contribution in [1.29, 1.82) is 0 Å². The summed E-state index contributed by atoms with van der Waals surface area (Å²) in [6, 6.07) is 6.28. The molecule has 0 aliphatic rings. The summed E-state index contributed by atoms with van der Waals surface area (Å²) in [4.78, 5) is 0. The molecule has 0 unspecified atom stereocenters. The maximum atomic E-state index is 12.9. The Bertz CT molecular complexity index is 943. The Morgan fingerprint density at radius 3 is 2.13 bits per heavy atom. The summed E-state index contributed by atoms with van der Waals surface area (Å²) in [5.41, 5.74) is 2.88. The van der Waals surface area contributed by atoms with E-state index in [1.807, 2.05) is 0 Å². The molecule has 2 rings (SSSR count). The predicted octanol–water partition coefficient (Wildman–Crippen LogP) is 5.10. The van der Waals surface area contributed by atoms with Crippen molar-refractivity contribution < 1.29 is 27.4 Å². The van der Waals surface area contributed by atoms with Gasteiger partial charge in [0.05, 0.1) is 43.3 Å². The minimum atomic E-state index is -4.50. The van der Waals surface area contributed by atoms with Gasteiger partial charge in [0.15, 0.2) is 16.6 Å². The lowest BCUT2D eigenvalue weighted by Gasteiger charge is -2.15. The van der Waals surface area contributed by atoms with Crippen LogP contribution in [0.5, 0.6) is 17.2 Å². The fourth-order valence-corrected chi connectivity index (χ4v) is 2.76. The molecule has 162 valence electrons. The van der Waals surface area contributed by atoms with Crippen LogP contribution in [0.2, 0.25) is 5.02 Å². The summed E-state index contributed by atoms with van der Waals surface area (Å²) >= 11 is 11.1. The first-order chi connectivity index (χ1) is 14.1. The molecule has 0 atom stereocenters. The molecule has 0 amide bonds. The molecule has 30 heavy (non-hydrogen) atoms. The van der Waals surface area contributed by atoms with Gasteiger partial charge in [0.1, 0.15) is 0 Å². The molecule has 2 N–H and O–H groups in total. The summed E-state index contributed by atoms with van der Waals surface area (Å²) in [7, 11) is 4.47. The molecule has 0 heterocycles. The SMILES string of the molecule is COc1cc(/C(C)=N/NC(=S)Nc2cc(C(F)(F)F)ccc2Cl)cc(OC)c1OC. The molecule has 0 aliphatic heterocycles. The molecule has 0 radical (unpaired) electrons. The van der Waals surface area contributed by atoms with Crippen LogP contribution in [0, 0.1) is 0 Å². The standard InChI is InChI=1S/C19H19ClF3N3O3S/c1-10(11-7-15(27-2)17(29-4)16(8-11)28-3)25-26-18(30)24-14-9-12(19(21,22)23)5-6-13(14)20/h5-9H,1-4H3,(H2,24,26,30)/b25-10+. The molecule has 0 bridgehead atoms. The van der Waals surface area contributed by atoms with Crippen molar-refractivity contribution in [2.75, 3.05) is 26.6 Å². The summed E-state index contributed by atoms with van der Waals surface area (Å²) in [6.07, 6.45) is -4.50. The molecule has 0 aromatic heterocycles. The van der Waals surface area contributed by atoms with Crippen molar-refractivity contribution in [3.63, 3.8) is 0 Å². The van der Waals surface area contributed by atoms with Crippen LogP contribution in [0.15, 0.2) is 35.4 Å². The van der Waals surface area contributed by atoms with Gasteiger partial charge in [0.2, 0.25) is 5.75 Å². The number of thiocarbonyl (C=S) groups is 1. The number of alkyl halides is 3. The third-order valence-electron chi connectivity index (χ3n) is 3.95. The van der Waals surface area contributed by atoms with E-state index in [1.54, 1.807) is 19.1 Å². The van der Waals surface area contributed by atoms with Crippen molar-refractivity contribution >= 4 is 40.3 Å². The number of methoxy groups -OCH3 is 3. The van der Waals surface area contributed by atoms with Crippen LogP contribution in [0.4, 0.5) is 18.9 Å². The van der Waals surface area contributed by atoms with Crippen molar-refractivity contribution in [3.05, 3.63) is 46.5 Å². The second-order valence-corrected chi connectivity index (χ2v) is 6.68. The maximum Gasteiger partial charge on any atom is 0.416 e. The smallest absolute Gasteiger partial charge is 0.416 e. The topological polar surface area (TPSA) is 64.1 Å². The third-order valence-corrected chi connectivity index (χ3v) is 4.47. The number of nitrogens with one attached hydrogen (secondary N) is 2. The van der Waals surface area contributed by atoms with Crippen LogP contribution in [-0.2, 0) is 6.18 Å². The molecule has 2 aromatic rings. The number of halogens is 4. The minimum absolute atomic E-state index is 0.00429. The molecule has 0 aliphatic carbocycles. The van der Waals surface area contributed by atoms with E-state index in [1.165, 1.54) is 21.3 Å². The van der Waals surface area contributed by atoms with Crippen molar-refractivity contribution in [2.24, 2.45) is 5.10 Å². The Hall–Kier alpha value is -2.72. The van der Waals surface area contributed by atoms with E-state index < -0.39 is 11.7 Å². The monoisotopic (exact) mass is 461 g/mol. The molecular formula is C19H19ClF3N3O3S. The number of ether oxygens (including phenoxy) is 3. The van der Waals surface area contributed by atoms with Crippen molar-refractivity contribution in [1.82, 2.24) is 5.43 Å². The van der Waals surface area contributed by atoms with Gasteiger partial charge in [-0.1, -0.05) is 11.6 Å². The number of benzene rings is 2. The van der Waals surface area contributed by atoms with Gasteiger partial charge in [-0.3, -0.25) is 5.43 Å².